The first kappa shape index (κ1) is 14.7. The van der Waals surface area contributed by atoms with E-state index < -0.39 is 23.4 Å². The van der Waals surface area contributed by atoms with Gasteiger partial charge in [0.15, 0.2) is 0 Å². The van der Waals surface area contributed by atoms with Crippen LogP contribution in [0.2, 0.25) is 0 Å². The number of amides is 1. The van der Waals surface area contributed by atoms with E-state index in [-0.39, 0.29) is 17.7 Å². The number of benzene rings is 2. The van der Waals surface area contributed by atoms with Crippen LogP contribution in [-0.4, -0.2) is 12.5 Å². The van der Waals surface area contributed by atoms with E-state index in [1.165, 1.54) is 12.1 Å². The standard InChI is InChI=1S/C16H10F3NO/c17-12-7-8-13(15(19)10-12)16(21)20-9-3-5-11-4-1-2-6-14(11)18/h1-2,4,6-8,10H,9H2,(H,20,21). The minimum absolute atomic E-state index is 0.0794. The van der Waals surface area contributed by atoms with E-state index in [2.05, 4.69) is 17.2 Å². The van der Waals surface area contributed by atoms with Gasteiger partial charge in [-0.3, -0.25) is 4.79 Å². The molecule has 0 saturated carbocycles. The van der Waals surface area contributed by atoms with Crippen LogP contribution in [0.15, 0.2) is 42.5 Å². The van der Waals surface area contributed by atoms with Crippen LogP contribution < -0.4 is 5.32 Å². The van der Waals surface area contributed by atoms with E-state index in [0.29, 0.717) is 6.07 Å². The molecule has 0 aliphatic rings. The number of nitrogens with one attached hydrogen (secondary N) is 1. The zero-order valence-corrected chi connectivity index (χ0v) is 10.8. The Labute approximate surface area is 119 Å². The molecule has 2 aromatic carbocycles. The molecule has 2 rings (SSSR count). The van der Waals surface area contributed by atoms with Crippen LogP contribution in [-0.2, 0) is 0 Å². The summed E-state index contributed by atoms with van der Waals surface area (Å²) in [6.07, 6.45) is 0. The number of halogens is 3. The van der Waals surface area contributed by atoms with Crippen molar-refractivity contribution in [2.75, 3.05) is 6.54 Å². The monoisotopic (exact) mass is 289 g/mol. The van der Waals surface area contributed by atoms with Crippen molar-refractivity contribution in [2.45, 2.75) is 0 Å². The van der Waals surface area contributed by atoms with E-state index in [1.54, 1.807) is 12.1 Å². The number of carbonyl (C=O) groups is 1. The lowest BCUT2D eigenvalue weighted by atomic mass is 10.2. The Hall–Kier alpha value is -2.74. The Balaban J connectivity index is 1.98. The van der Waals surface area contributed by atoms with Crippen LogP contribution in [0.1, 0.15) is 15.9 Å². The molecule has 5 heteroatoms. The first-order valence-electron chi connectivity index (χ1n) is 6.04. The van der Waals surface area contributed by atoms with Crippen LogP contribution in [0.5, 0.6) is 0 Å². The molecule has 106 valence electrons. The largest absolute Gasteiger partial charge is 0.341 e. The predicted octanol–water partition coefficient (Wildman–Crippen LogP) is 2.89. The lowest BCUT2D eigenvalue weighted by Gasteiger charge is -2.02. The van der Waals surface area contributed by atoms with Gasteiger partial charge in [-0.05, 0) is 24.3 Å². The van der Waals surface area contributed by atoms with Crippen LogP contribution in [0.4, 0.5) is 13.2 Å². The SMILES string of the molecule is O=C(NCC#Cc1ccccc1F)c1ccc(F)cc1F. The van der Waals surface area contributed by atoms with Crippen molar-refractivity contribution in [1.29, 1.82) is 0 Å². The minimum Gasteiger partial charge on any atom is -0.341 e. The highest BCUT2D eigenvalue weighted by atomic mass is 19.1. The summed E-state index contributed by atoms with van der Waals surface area (Å²) < 4.78 is 39.3. The lowest BCUT2D eigenvalue weighted by molar-refractivity contribution is 0.0954. The zero-order valence-electron chi connectivity index (χ0n) is 10.8. The fourth-order valence-corrected chi connectivity index (χ4v) is 1.60. The van der Waals surface area contributed by atoms with Gasteiger partial charge in [-0.25, -0.2) is 13.2 Å². The normalized spacial score (nSPS) is 9.67. The molecule has 0 fully saturated rings. The number of carbonyl (C=O) groups excluding carboxylic acids is 1. The summed E-state index contributed by atoms with van der Waals surface area (Å²) in [5.74, 6) is 2.23. The number of hydrogen-bond acceptors (Lipinski definition) is 1. The third-order valence-electron chi connectivity index (χ3n) is 2.61. The Bertz CT molecular complexity index is 732. The Morgan fingerprint density at radius 2 is 1.81 bits per heavy atom. The van der Waals surface area contributed by atoms with E-state index in [0.717, 1.165) is 12.1 Å². The highest BCUT2D eigenvalue weighted by Crippen LogP contribution is 2.09. The summed E-state index contributed by atoms with van der Waals surface area (Å²) in [7, 11) is 0. The van der Waals surface area contributed by atoms with E-state index in [1.807, 2.05) is 0 Å². The third kappa shape index (κ3) is 3.86. The topological polar surface area (TPSA) is 29.1 Å². The van der Waals surface area contributed by atoms with Crippen LogP contribution >= 0.6 is 0 Å². The van der Waals surface area contributed by atoms with Gasteiger partial charge in [0.2, 0.25) is 0 Å². The van der Waals surface area contributed by atoms with Gasteiger partial charge in [0.1, 0.15) is 17.5 Å². The third-order valence-corrected chi connectivity index (χ3v) is 2.61. The van der Waals surface area contributed by atoms with Crippen LogP contribution in [0.25, 0.3) is 0 Å². The van der Waals surface area contributed by atoms with Crippen molar-refractivity contribution >= 4 is 5.91 Å². The second-order valence-corrected chi connectivity index (χ2v) is 4.09. The van der Waals surface area contributed by atoms with Crippen LogP contribution in [0.3, 0.4) is 0 Å². The highest BCUT2D eigenvalue weighted by molar-refractivity contribution is 5.94. The summed E-state index contributed by atoms with van der Waals surface area (Å²) in [5.41, 5.74) is -0.0659. The van der Waals surface area contributed by atoms with Crippen molar-refractivity contribution in [2.24, 2.45) is 0 Å². The molecule has 1 amide bonds. The van der Waals surface area contributed by atoms with E-state index in [4.69, 9.17) is 0 Å². The van der Waals surface area contributed by atoms with Gasteiger partial charge in [-0.1, -0.05) is 24.0 Å². The molecule has 2 aromatic rings. The summed E-state index contributed by atoms with van der Waals surface area (Å²) >= 11 is 0. The summed E-state index contributed by atoms with van der Waals surface area (Å²) in [5, 5.41) is 2.35. The van der Waals surface area contributed by atoms with Crippen molar-refractivity contribution in [3.05, 3.63) is 71.0 Å². The fraction of sp³-hybridized carbons (Fsp3) is 0.0625. The fourth-order valence-electron chi connectivity index (χ4n) is 1.60. The van der Waals surface area contributed by atoms with Gasteiger partial charge in [-0.15, -0.1) is 0 Å². The van der Waals surface area contributed by atoms with Crippen LogP contribution in [0, 0.1) is 29.3 Å². The van der Waals surface area contributed by atoms with Crippen molar-refractivity contribution in [3.8, 4) is 11.8 Å². The van der Waals surface area contributed by atoms with Gasteiger partial charge in [0.25, 0.3) is 5.91 Å². The molecule has 0 radical (unpaired) electrons. The number of rotatable bonds is 2. The minimum atomic E-state index is -0.949. The predicted molar refractivity (Wildman–Crippen MR) is 72.0 cm³/mol. The first-order chi connectivity index (χ1) is 10.1. The molecular formula is C16H10F3NO. The smallest absolute Gasteiger partial charge is 0.255 e. The van der Waals surface area contributed by atoms with Crippen molar-refractivity contribution in [3.63, 3.8) is 0 Å². The molecular weight excluding hydrogens is 279 g/mol. The molecule has 0 aliphatic heterocycles. The van der Waals surface area contributed by atoms with Crippen molar-refractivity contribution < 1.29 is 18.0 Å². The van der Waals surface area contributed by atoms with E-state index in [9.17, 15) is 18.0 Å². The average Bonchev–Trinajstić information content (AvgIpc) is 2.45. The zero-order chi connectivity index (χ0) is 15.2. The van der Waals surface area contributed by atoms with E-state index >= 15 is 0 Å². The molecule has 2 nitrogen and oxygen atoms in total. The van der Waals surface area contributed by atoms with Gasteiger partial charge < -0.3 is 5.32 Å². The molecule has 0 bridgehead atoms. The highest BCUT2D eigenvalue weighted by Gasteiger charge is 2.11. The molecule has 0 unspecified atom stereocenters. The van der Waals surface area contributed by atoms with Gasteiger partial charge in [-0.2, -0.15) is 0 Å². The maximum atomic E-state index is 13.3. The average molecular weight is 289 g/mol. The molecule has 1 N–H and O–H groups in total. The Morgan fingerprint density at radius 3 is 2.52 bits per heavy atom. The van der Waals surface area contributed by atoms with Gasteiger partial charge in [0.05, 0.1) is 17.7 Å². The van der Waals surface area contributed by atoms with Crippen molar-refractivity contribution in [1.82, 2.24) is 5.32 Å². The molecule has 0 heterocycles. The maximum absolute atomic E-state index is 13.3. The Morgan fingerprint density at radius 1 is 1.05 bits per heavy atom. The molecule has 21 heavy (non-hydrogen) atoms. The quantitative estimate of drug-likeness (QED) is 0.846. The lowest BCUT2D eigenvalue weighted by Crippen LogP contribution is -2.24. The van der Waals surface area contributed by atoms with Gasteiger partial charge >= 0.3 is 0 Å². The number of hydrogen-bond donors (Lipinski definition) is 1. The van der Waals surface area contributed by atoms with Gasteiger partial charge in [0, 0.05) is 6.07 Å². The molecule has 0 spiro atoms. The first-order valence-corrected chi connectivity index (χ1v) is 6.04. The summed E-state index contributed by atoms with van der Waals surface area (Å²) in [4.78, 5) is 11.6. The maximum Gasteiger partial charge on any atom is 0.255 e. The Kier molecular flexibility index (Phi) is 4.62. The second-order valence-electron chi connectivity index (χ2n) is 4.09. The second kappa shape index (κ2) is 6.62. The molecule has 0 atom stereocenters. The summed E-state index contributed by atoms with van der Waals surface area (Å²) in [6, 6.07) is 8.62. The molecule has 0 saturated heterocycles. The summed E-state index contributed by atoms with van der Waals surface area (Å²) in [6.45, 7) is -0.0794. The molecule has 0 aliphatic carbocycles. The molecule has 0 aromatic heterocycles.